The molecule has 1 aliphatic heterocycles. The van der Waals surface area contributed by atoms with Gasteiger partial charge in [0.2, 0.25) is 5.88 Å². The standard InChI is InChI=1S/C17H23N3O2/c1-11(2)12-4-7-17(8-5-12)19-15(16(21)20-17)13-6-9-18-14(10-13)22-3/h6,9-12H,4-5,7-8H2,1-3H3,(H,20,21). The summed E-state index contributed by atoms with van der Waals surface area (Å²) in [5, 5.41) is 3.11. The van der Waals surface area contributed by atoms with Gasteiger partial charge in [-0.15, -0.1) is 0 Å². The van der Waals surface area contributed by atoms with Crippen molar-refractivity contribution in [2.45, 2.75) is 45.2 Å². The normalized spacial score (nSPS) is 27.9. The van der Waals surface area contributed by atoms with E-state index in [4.69, 9.17) is 9.73 Å². The van der Waals surface area contributed by atoms with Crippen molar-refractivity contribution in [2.24, 2.45) is 16.8 Å². The van der Waals surface area contributed by atoms with E-state index in [1.165, 1.54) is 0 Å². The Labute approximate surface area is 131 Å². The zero-order chi connectivity index (χ0) is 15.7. The van der Waals surface area contributed by atoms with Crippen molar-refractivity contribution >= 4 is 11.6 Å². The molecular weight excluding hydrogens is 278 g/mol. The summed E-state index contributed by atoms with van der Waals surface area (Å²) in [5.41, 5.74) is 0.879. The van der Waals surface area contributed by atoms with Crippen LogP contribution in [-0.2, 0) is 4.79 Å². The predicted octanol–water partition coefficient (Wildman–Crippen LogP) is 2.55. The molecule has 0 unspecified atom stereocenters. The van der Waals surface area contributed by atoms with Crippen LogP contribution in [0.4, 0.5) is 0 Å². The molecule has 2 heterocycles. The number of aliphatic imine (C=N–C) groups is 1. The Balaban J connectivity index is 1.83. The number of pyridine rings is 1. The highest BCUT2D eigenvalue weighted by Gasteiger charge is 2.42. The average Bonchev–Trinajstić information content (AvgIpc) is 2.84. The predicted molar refractivity (Wildman–Crippen MR) is 85.0 cm³/mol. The molecule has 118 valence electrons. The molecule has 0 atom stereocenters. The van der Waals surface area contributed by atoms with Gasteiger partial charge in [0.1, 0.15) is 11.4 Å². The third-order valence-electron chi connectivity index (χ3n) is 4.90. The van der Waals surface area contributed by atoms with E-state index in [-0.39, 0.29) is 5.91 Å². The maximum Gasteiger partial charge on any atom is 0.272 e. The average molecular weight is 301 g/mol. The van der Waals surface area contributed by atoms with Gasteiger partial charge in [-0.2, -0.15) is 0 Å². The number of hydrogen-bond acceptors (Lipinski definition) is 4. The van der Waals surface area contributed by atoms with Crippen molar-refractivity contribution in [1.29, 1.82) is 0 Å². The highest BCUT2D eigenvalue weighted by molar-refractivity contribution is 6.46. The van der Waals surface area contributed by atoms with Crippen molar-refractivity contribution in [3.05, 3.63) is 23.9 Å². The molecule has 22 heavy (non-hydrogen) atoms. The second kappa shape index (κ2) is 5.71. The molecule has 1 spiro atoms. The van der Waals surface area contributed by atoms with E-state index >= 15 is 0 Å². The van der Waals surface area contributed by atoms with Gasteiger partial charge in [-0.25, -0.2) is 4.98 Å². The first-order valence-electron chi connectivity index (χ1n) is 7.96. The number of carbonyl (C=O) groups is 1. The summed E-state index contributed by atoms with van der Waals surface area (Å²) in [7, 11) is 1.57. The monoisotopic (exact) mass is 301 g/mol. The molecule has 1 aliphatic carbocycles. The molecule has 0 radical (unpaired) electrons. The zero-order valence-corrected chi connectivity index (χ0v) is 13.4. The van der Waals surface area contributed by atoms with Gasteiger partial charge in [0, 0.05) is 17.8 Å². The number of hydrogen-bond donors (Lipinski definition) is 1. The zero-order valence-electron chi connectivity index (χ0n) is 13.4. The molecule has 3 rings (SSSR count). The molecule has 2 aliphatic rings. The quantitative estimate of drug-likeness (QED) is 0.933. The van der Waals surface area contributed by atoms with Crippen LogP contribution in [0.15, 0.2) is 23.3 Å². The van der Waals surface area contributed by atoms with Crippen molar-refractivity contribution in [3.8, 4) is 5.88 Å². The summed E-state index contributed by atoms with van der Waals surface area (Å²) in [6.07, 6.45) is 5.73. The fourth-order valence-electron chi connectivity index (χ4n) is 3.45. The van der Waals surface area contributed by atoms with E-state index in [0.29, 0.717) is 17.5 Å². The molecule has 0 bridgehead atoms. The lowest BCUT2D eigenvalue weighted by Crippen LogP contribution is -2.45. The van der Waals surface area contributed by atoms with E-state index in [9.17, 15) is 4.79 Å². The first-order valence-corrected chi connectivity index (χ1v) is 7.96. The van der Waals surface area contributed by atoms with Crippen LogP contribution in [0.5, 0.6) is 5.88 Å². The lowest BCUT2D eigenvalue weighted by atomic mass is 9.77. The summed E-state index contributed by atoms with van der Waals surface area (Å²) >= 11 is 0. The first kappa shape index (κ1) is 15.0. The summed E-state index contributed by atoms with van der Waals surface area (Å²) < 4.78 is 5.13. The Morgan fingerprint density at radius 1 is 1.36 bits per heavy atom. The molecular formula is C17H23N3O2. The molecule has 0 saturated heterocycles. The topological polar surface area (TPSA) is 63.6 Å². The van der Waals surface area contributed by atoms with Crippen molar-refractivity contribution in [1.82, 2.24) is 10.3 Å². The fourth-order valence-corrected chi connectivity index (χ4v) is 3.45. The Bertz CT molecular complexity index is 602. The molecule has 5 nitrogen and oxygen atoms in total. The number of nitrogens with zero attached hydrogens (tertiary/aromatic N) is 2. The van der Waals surface area contributed by atoms with Crippen LogP contribution in [-0.4, -0.2) is 29.4 Å². The van der Waals surface area contributed by atoms with Gasteiger partial charge in [0.15, 0.2) is 0 Å². The number of aromatic nitrogens is 1. The van der Waals surface area contributed by atoms with E-state index < -0.39 is 5.66 Å². The lowest BCUT2D eigenvalue weighted by Gasteiger charge is -2.36. The van der Waals surface area contributed by atoms with Gasteiger partial charge in [0.05, 0.1) is 7.11 Å². The third kappa shape index (κ3) is 2.72. The number of ether oxygens (including phenoxy) is 1. The lowest BCUT2D eigenvalue weighted by molar-refractivity contribution is -0.115. The van der Waals surface area contributed by atoms with Gasteiger partial charge in [-0.3, -0.25) is 9.79 Å². The largest absolute Gasteiger partial charge is 0.481 e. The maximum absolute atomic E-state index is 12.4. The second-order valence-electron chi connectivity index (χ2n) is 6.61. The minimum Gasteiger partial charge on any atom is -0.481 e. The SMILES string of the molecule is COc1cc(C2=NC3(CCC(C(C)C)CC3)NC2=O)ccn1. The third-order valence-corrected chi connectivity index (χ3v) is 4.90. The fraction of sp³-hybridized carbons (Fsp3) is 0.588. The summed E-state index contributed by atoms with van der Waals surface area (Å²) in [6.45, 7) is 4.54. The summed E-state index contributed by atoms with van der Waals surface area (Å²) in [6, 6.07) is 3.57. The van der Waals surface area contributed by atoms with Gasteiger partial charge in [0.25, 0.3) is 5.91 Å². The number of nitrogens with one attached hydrogen (secondary N) is 1. The van der Waals surface area contributed by atoms with Crippen LogP contribution >= 0.6 is 0 Å². The summed E-state index contributed by atoms with van der Waals surface area (Å²) in [4.78, 5) is 21.2. The Hall–Kier alpha value is -1.91. The molecule has 1 N–H and O–H groups in total. The molecule has 0 aromatic carbocycles. The summed E-state index contributed by atoms with van der Waals surface area (Å²) in [5.74, 6) is 1.85. The van der Waals surface area contributed by atoms with Gasteiger partial charge in [-0.1, -0.05) is 13.8 Å². The minimum absolute atomic E-state index is 0.0868. The molecule has 1 fully saturated rings. The molecule has 5 heteroatoms. The van der Waals surface area contributed by atoms with E-state index in [1.807, 2.05) is 0 Å². The Morgan fingerprint density at radius 3 is 2.73 bits per heavy atom. The second-order valence-corrected chi connectivity index (χ2v) is 6.61. The van der Waals surface area contributed by atoms with Gasteiger partial charge in [-0.05, 0) is 43.6 Å². The van der Waals surface area contributed by atoms with Crippen LogP contribution in [0.1, 0.15) is 45.1 Å². The van der Waals surface area contributed by atoms with Crippen molar-refractivity contribution in [2.75, 3.05) is 7.11 Å². The maximum atomic E-state index is 12.4. The van der Waals surface area contributed by atoms with Crippen LogP contribution in [0.2, 0.25) is 0 Å². The number of amides is 1. The van der Waals surface area contributed by atoms with E-state index in [1.54, 1.807) is 25.4 Å². The Kier molecular flexibility index (Phi) is 3.89. The van der Waals surface area contributed by atoms with Gasteiger partial charge < -0.3 is 10.1 Å². The van der Waals surface area contributed by atoms with Crippen LogP contribution < -0.4 is 10.1 Å². The number of carbonyl (C=O) groups excluding carboxylic acids is 1. The molecule has 1 amide bonds. The van der Waals surface area contributed by atoms with Crippen LogP contribution in [0, 0.1) is 11.8 Å². The highest BCUT2D eigenvalue weighted by atomic mass is 16.5. The van der Waals surface area contributed by atoms with E-state index in [0.717, 1.165) is 37.2 Å². The van der Waals surface area contributed by atoms with Crippen molar-refractivity contribution in [3.63, 3.8) is 0 Å². The number of methoxy groups -OCH3 is 1. The van der Waals surface area contributed by atoms with Crippen LogP contribution in [0.25, 0.3) is 0 Å². The highest BCUT2D eigenvalue weighted by Crippen LogP contribution is 2.38. The minimum atomic E-state index is -0.395. The number of rotatable bonds is 3. The van der Waals surface area contributed by atoms with Crippen molar-refractivity contribution < 1.29 is 9.53 Å². The smallest absolute Gasteiger partial charge is 0.272 e. The van der Waals surface area contributed by atoms with E-state index in [2.05, 4.69) is 24.1 Å². The Morgan fingerprint density at radius 2 is 2.09 bits per heavy atom. The first-order chi connectivity index (χ1) is 10.5. The van der Waals surface area contributed by atoms with Crippen LogP contribution in [0.3, 0.4) is 0 Å². The van der Waals surface area contributed by atoms with Gasteiger partial charge >= 0.3 is 0 Å². The molecule has 1 aromatic rings. The molecule has 1 saturated carbocycles. The molecule has 1 aromatic heterocycles.